The monoisotopic (exact) mass is 294 g/mol. The molecule has 1 fully saturated rings. The van der Waals surface area contributed by atoms with Crippen molar-refractivity contribution >= 4 is 6.09 Å². The van der Waals surface area contributed by atoms with E-state index < -0.39 is 5.60 Å². The third kappa shape index (κ3) is 4.20. The number of carbonyl (C=O) groups excluding carboxylic acids is 1. The van der Waals surface area contributed by atoms with E-state index >= 15 is 0 Å². The maximum absolute atomic E-state index is 12.1. The zero-order valence-electron chi connectivity index (χ0n) is 13.7. The van der Waals surface area contributed by atoms with E-state index in [1.807, 2.05) is 51.8 Å². The molecule has 2 heterocycles. The Morgan fingerprint density at radius 2 is 2.24 bits per heavy atom. The van der Waals surface area contributed by atoms with Crippen molar-refractivity contribution in [2.45, 2.75) is 45.4 Å². The van der Waals surface area contributed by atoms with Crippen LogP contribution in [0.3, 0.4) is 0 Å². The number of rotatable bonds is 3. The smallest absolute Gasteiger partial charge is 0.410 e. The van der Waals surface area contributed by atoms with E-state index in [1.54, 1.807) is 4.90 Å². The molecule has 1 aromatic heterocycles. The van der Waals surface area contributed by atoms with Crippen molar-refractivity contribution in [1.82, 2.24) is 19.4 Å². The molecule has 0 bridgehead atoms. The van der Waals surface area contributed by atoms with Crippen LogP contribution in [-0.4, -0.2) is 57.2 Å². The van der Waals surface area contributed by atoms with Gasteiger partial charge in [0.25, 0.3) is 0 Å². The Morgan fingerprint density at radius 1 is 1.52 bits per heavy atom. The van der Waals surface area contributed by atoms with Gasteiger partial charge in [-0.3, -0.25) is 4.90 Å². The van der Waals surface area contributed by atoms with Crippen LogP contribution in [0.1, 0.15) is 33.0 Å². The molecule has 118 valence electrons. The molecule has 6 nitrogen and oxygen atoms in total. The van der Waals surface area contributed by atoms with Crippen molar-refractivity contribution in [2.75, 3.05) is 20.1 Å². The number of carbonyl (C=O) groups is 1. The van der Waals surface area contributed by atoms with Crippen LogP contribution >= 0.6 is 0 Å². The SMILES string of the molecule is CN(C(=O)OC(C)(C)C)[C@H]1CCN(Cc2nccn2C)C1. The lowest BCUT2D eigenvalue weighted by Gasteiger charge is -2.28. The van der Waals surface area contributed by atoms with Gasteiger partial charge in [-0.2, -0.15) is 0 Å². The molecule has 6 heteroatoms. The Labute approximate surface area is 126 Å². The lowest BCUT2D eigenvalue weighted by atomic mass is 10.2. The molecule has 1 saturated heterocycles. The maximum Gasteiger partial charge on any atom is 0.410 e. The molecule has 0 spiro atoms. The summed E-state index contributed by atoms with van der Waals surface area (Å²) in [6.45, 7) is 8.33. The molecule has 0 unspecified atom stereocenters. The van der Waals surface area contributed by atoms with E-state index in [0.29, 0.717) is 0 Å². The van der Waals surface area contributed by atoms with Gasteiger partial charge in [0.1, 0.15) is 11.4 Å². The van der Waals surface area contributed by atoms with Crippen LogP contribution < -0.4 is 0 Å². The predicted octanol–water partition coefficient (Wildman–Crippen LogP) is 1.86. The molecule has 1 atom stereocenters. The highest BCUT2D eigenvalue weighted by molar-refractivity contribution is 5.68. The number of hydrogen-bond acceptors (Lipinski definition) is 4. The summed E-state index contributed by atoms with van der Waals surface area (Å²) >= 11 is 0. The molecule has 21 heavy (non-hydrogen) atoms. The first kappa shape index (κ1) is 15.8. The minimum atomic E-state index is -0.448. The molecule has 0 aliphatic carbocycles. The van der Waals surface area contributed by atoms with Gasteiger partial charge in [-0.1, -0.05) is 0 Å². The van der Waals surface area contributed by atoms with E-state index in [-0.39, 0.29) is 12.1 Å². The van der Waals surface area contributed by atoms with Crippen LogP contribution in [0.5, 0.6) is 0 Å². The van der Waals surface area contributed by atoms with Gasteiger partial charge in [0.2, 0.25) is 0 Å². The van der Waals surface area contributed by atoms with Crippen molar-refractivity contribution in [3.05, 3.63) is 18.2 Å². The summed E-state index contributed by atoms with van der Waals surface area (Å²) in [5, 5.41) is 0. The summed E-state index contributed by atoms with van der Waals surface area (Å²) in [7, 11) is 3.83. The van der Waals surface area contributed by atoms with Gasteiger partial charge in [-0.15, -0.1) is 0 Å². The quantitative estimate of drug-likeness (QED) is 0.854. The molecule has 2 rings (SSSR count). The second-order valence-electron chi connectivity index (χ2n) is 6.72. The molecular weight excluding hydrogens is 268 g/mol. The van der Waals surface area contributed by atoms with Gasteiger partial charge >= 0.3 is 6.09 Å². The Balaban J connectivity index is 1.87. The van der Waals surface area contributed by atoms with E-state index in [1.165, 1.54) is 0 Å². The van der Waals surface area contributed by atoms with Crippen molar-refractivity contribution in [3.8, 4) is 0 Å². The van der Waals surface area contributed by atoms with Crippen molar-refractivity contribution in [1.29, 1.82) is 0 Å². The highest BCUT2D eigenvalue weighted by Gasteiger charge is 2.31. The van der Waals surface area contributed by atoms with Crippen LogP contribution in [0.15, 0.2) is 12.4 Å². The van der Waals surface area contributed by atoms with Crippen molar-refractivity contribution in [2.24, 2.45) is 7.05 Å². The fraction of sp³-hybridized carbons (Fsp3) is 0.733. The Morgan fingerprint density at radius 3 is 2.81 bits per heavy atom. The second-order valence-corrected chi connectivity index (χ2v) is 6.72. The number of aromatic nitrogens is 2. The number of likely N-dealkylation sites (tertiary alicyclic amines) is 1. The Bertz CT molecular complexity index is 492. The zero-order chi connectivity index (χ0) is 15.6. The molecular formula is C15H26N4O2. The third-order valence-corrected chi connectivity index (χ3v) is 3.76. The minimum Gasteiger partial charge on any atom is -0.444 e. The molecule has 1 aromatic rings. The number of nitrogens with zero attached hydrogens (tertiary/aromatic N) is 4. The van der Waals surface area contributed by atoms with Gasteiger partial charge < -0.3 is 14.2 Å². The number of hydrogen-bond donors (Lipinski definition) is 0. The van der Waals surface area contributed by atoms with Crippen LogP contribution in [0.25, 0.3) is 0 Å². The zero-order valence-corrected chi connectivity index (χ0v) is 13.7. The van der Waals surface area contributed by atoms with Crippen molar-refractivity contribution < 1.29 is 9.53 Å². The Kier molecular flexibility index (Phi) is 4.56. The summed E-state index contributed by atoms with van der Waals surface area (Å²) in [4.78, 5) is 20.5. The summed E-state index contributed by atoms with van der Waals surface area (Å²) in [5.74, 6) is 1.05. The van der Waals surface area contributed by atoms with Crippen LogP contribution in [0, 0.1) is 0 Å². The lowest BCUT2D eigenvalue weighted by molar-refractivity contribution is 0.0228. The van der Waals surface area contributed by atoms with Crippen LogP contribution in [-0.2, 0) is 18.3 Å². The van der Waals surface area contributed by atoms with E-state index in [2.05, 4.69) is 9.88 Å². The van der Waals surface area contributed by atoms with Gasteiger partial charge in [0.05, 0.1) is 6.54 Å². The summed E-state index contributed by atoms with van der Waals surface area (Å²) in [5.41, 5.74) is -0.448. The molecule has 0 radical (unpaired) electrons. The number of likely N-dealkylation sites (N-methyl/N-ethyl adjacent to an activating group) is 1. The third-order valence-electron chi connectivity index (χ3n) is 3.76. The summed E-state index contributed by atoms with van der Waals surface area (Å²) in [6.07, 6.45) is 4.50. The highest BCUT2D eigenvalue weighted by Crippen LogP contribution is 2.19. The topological polar surface area (TPSA) is 50.6 Å². The fourth-order valence-corrected chi connectivity index (χ4v) is 2.50. The van der Waals surface area contributed by atoms with E-state index in [9.17, 15) is 4.79 Å². The number of imidazole rings is 1. The lowest BCUT2D eigenvalue weighted by Crippen LogP contribution is -2.42. The van der Waals surface area contributed by atoms with Crippen molar-refractivity contribution in [3.63, 3.8) is 0 Å². The molecule has 0 N–H and O–H groups in total. The first-order chi connectivity index (χ1) is 9.76. The average molecular weight is 294 g/mol. The number of aryl methyl sites for hydroxylation is 1. The average Bonchev–Trinajstić information content (AvgIpc) is 2.97. The Hall–Kier alpha value is -1.56. The molecule has 1 amide bonds. The first-order valence-corrected chi connectivity index (χ1v) is 7.40. The minimum absolute atomic E-state index is 0.208. The fourth-order valence-electron chi connectivity index (χ4n) is 2.50. The highest BCUT2D eigenvalue weighted by atomic mass is 16.6. The molecule has 1 aliphatic rings. The second kappa shape index (κ2) is 6.05. The summed E-state index contributed by atoms with van der Waals surface area (Å²) < 4.78 is 7.46. The van der Waals surface area contributed by atoms with Gasteiger partial charge in [-0.25, -0.2) is 9.78 Å². The maximum atomic E-state index is 12.1. The molecule has 0 saturated carbocycles. The molecule has 1 aliphatic heterocycles. The normalized spacial score (nSPS) is 19.8. The standard InChI is InChI=1S/C15H26N4O2/c1-15(2,3)21-14(20)18(5)12-6-8-19(10-12)11-13-16-7-9-17(13)4/h7,9,12H,6,8,10-11H2,1-5H3/t12-/m0/s1. The largest absolute Gasteiger partial charge is 0.444 e. The predicted molar refractivity (Wildman–Crippen MR) is 80.9 cm³/mol. The van der Waals surface area contributed by atoms with Crippen LogP contribution in [0.2, 0.25) is 0 Å². The van der Waals surface area contributed by atoms with Gasteiger partial charge in [-0.05, 0) is 27.2 Å². The summed E-state index contributed by atoms with van der Waals surface area (Å²) in [6, 6.07) is 0.208. The van der Waals surface area contributed by atoms with E-state index in [0.717, 1.165) is 31.9 Å². The van der Waals surface area contributed by atoms with Gasteiger partial charge in [0, 0.05) is 45.6 Å². The number of amides is 1. The van der Waals surface area contributed by atoms with Crippen LogP contribution in [0.4, 0.5) is 4.79 Å². The van der Waals surface area contributed by atoms with Gasteiger partial charge in [0.15, 0.2) is 0 Å². The number of ether oxygens (including phenoxy) is 1. The molecule has 0 aromatic carbocycles. The van der Waals surface area contributed by atoms with E-state index in [4.69, 9.17) is 4.74 Å². The first-order valence-electron chi connectivity index (χ1n) is 7.40.